The number of ether oxygens (including phenoxy) is 1. The zero-order valence-corrected chi connectivity index (χ0v) is 8.36. The van der Waals surface area contributed by atoms with Gasteiger partial charge in [0.15, 0.2) is 0 Å². The molecule has 0 atom stereocenters. The number of methoxy groups -OCH3 is 1. The Hall–Kier alpha value is -1.75. The normalized spacial score (nSPS) is 10.0. The van der Waals surface area contributed by atoms with Gasteiger partial charge in [0, 0.05) is 6.07 Å². The van der Waals surface area contributed by atoms with E-state index in [1.54, 1.807) is 0 Å². The van der Waals surface area contributed by atoms with Gasteiger partial charge in [0.2, 0.25) is 0 Å². The zero-order chi connectivity index (χ0) is 11.4. The number of nitrogens with two attached hydrogens (primary N) is 1. The molecule has 1 aromatic carbocycles. The molecule has 0 aliphatic carbocycles. The predicted octanol–water partition coefficient (Wildman–Crippen LogP) is 0.600. The Balaban J connectivity index is 3.23. The van der Waals surface area contributed by atoms with Crippen LogP contribution in [0.15, 0.2) is 12.1 Å². The average molecular weight is 211 g/mol. The largest absolute Gasteiger partial charge is 0.507 e. The lowest BCUT2D eigenvalue weighted by Gasteiger charge is -2.09. The molecule has 0 radical (unpaired) electrons. The van der Waals surface area contributed by atoms with Crippen LogP contribution in [0.25, 0.3) is 0 Å². The molecule has 82 valence electrons. The van der Waals surface area contributed by atoms with Gasteiger partial charge >= 0.3 is 5.97 Å². The maximum absolute atomic E-state index is 10.7. The summed E-state index contributed by atoms with van der Waals surface area (Å²) in [5.74, 6) is -1.03. The molecule has 1 aromatic rings. The second-order valence-electron chi connectivity index (χ2n) is 3.03. The van der Waals surface area contributed by atoms with E-state index in [0.29, 0.717) is 24.3 Å². The number of benzene rings is 1. The number of aromatic hydroxyl groups is 1. The lowest BCUT2D eigenvalue weighted by Crippen LogP contribution is -2.06. The summed E-state index contributed by atoms with van der Waals surface area (Å²) >= 11 is 0. The SMILES string of the molecule is COc1cc(O)c(C(=O)O)cc1CCN. The number of hydrogen-bond donors (Lipinski definition) is 3. The van der Waals surface area contributed by atoms with Crippen molar-refractivity contribution in [3.05, 3.63) is 23.3 Å². The van der Waals surface area contributed by atoms with E-state index in [4.69, 9.17) is 15.6 Å². The highest BCUT2D eigenvalue weighted by molar-refractivity contribution is 5.91. The van der Waals surface area contributed by atoms with Gasteiger partial charge in [-0.2, -0.15) is 0 Å². The molecule has 1 rings (SSSR count). The minimum absolute atomic E-state index is 0.140. The molecule has 0 aliphatic rings. The quantitative estimate of drug-likeness (QED) is 0.678. The molecule has 0 aliphatic heterocycles. The van der Waals surface area contributed by atoms with Crippen LogP contribution in [0.3, 0.4) is 0 Å². The molecule has 0 unspecified atom stereocenters. The number of carboxylic acids is 1. The lowest BCUT2D eigenvalue weighted by atomic mass is 10.1. The molecular weight excluding hydrogens is 198 g/mol. The highest BCUT2D eigenvalue weighted by Gasteiger charge is 2.14. The van der Waals surface area contributed by atoms with Gasteiger partial charge in [-0.05, 0) is 24.6 Å². The molecule has 0 heterocycles. The number of phenols is 1. The Morgan fingerprint density at radius 3 is 2.67 bits per heavy atom. The average Bonchev–Trinajstić information content (AvgIpc) is 2.20. The molecule has 0 amide bonds. The second-order valence-corrected chi connectivity index (χ2v) is 3.03. The third-order valence-corrected chi connectivity index (χ3v) is 2.04. The van der Waals surface area contributed by atoms with E-state index in [0.717, 1.165) is 0 Å². The Morgan fingerprint density at radius 1 is 1.53 bits per heavy atom. The number of hydrogen-bond acceptors (Lipinski definition) is 4. The van der Waals surface area contributed by atoms with Crippen molar-refractivity contribution in [3.63, 3.8) is 0 Å². The van der Waals surface area contributed by atoms with Gasteiger partial charge in [0.1, 0.15) is 17.1 Å². The first-order chi connectivity index (χ1) is 7.10. The summed E-state index contributed by atoms with van der Waals surface area (Å²) in [5.41, 5.74) is 5.92. The molecule has 0 aromatic heterocycles. The molecule has 4 N–H and O–H groups in total. The van der Waals surface area contributed by atoms with Crippen LogP contribution in [0.4, 0.5) is 0 Å². The Labute approximate surface area is 87.1 Å². The van der Waals surface area contributed by atoms with Crippen LogP contribution in [-0.4, -0.2) is 29.8 Å². The van der Waals surface area contributed by atoms with Crippen molar-refractivity contribution < 1.29 is 19.7 Å². The summed E-state index contributed by atoms with van der Waals surface area (Å²) in [6.45, 7) is 0.389. The fourth-order valence-electron chi connectivity index (χ4n) is 1.33. The number of carboxylic acid groups (broad SMARTS) is 1. The van der Waals surface area contributed by atoms with E-state index in [2.05, 4.69) is 0 Å². The van der Waals surface area contributed by atoms with Gasteiger partial charge in [0.25, 0.3) is 0 Å². The maximum Gasteiger partial charge on any atom is 0.339 e. The monoisotopic (exact) mass is 211 g/mol. The molecule has 5 nitrogen and oxygen atoms in total. The van der Waals surface area contributed by atoms with Crippen LogP contribution >= 0.6 is 0 Å². The molecule has 5 heteroatoms. The highest BCUT2D eigenvalue weighted by atomic mass is 16.5. The molecule has 15 heavy (non-hydrogen) atoms. The van der Waals surface area contributed by atoms with E-state index in [-0.39, 0.29) is 11.3 Å². The van der Waals surface area contributed by atoms with Crippen LogP contribution in [0.2, 0.25) is 0 Å². The van der Waals surface area contributed by atoms with Crippen molar-refractivity contribution in [2.75, 3.05) is 13.7 Å². The number of aromatic carboxylic acids is 1. The minimum atomic E-state index is -1.17. The third-order valence-electron chi connectivity index (χ3n) is 2.04. The van der Waals surface area contributed by atoms with E-state index >= 15 is 0 Å². The maximum atomic E-state index is 10.7. The minimum Gasteiger partial charge on any atom is -0.507 e. The standard InChI is InChI=1S/C10H13NO4/c1-15-9-5-8(12)7(10(13)14)4-6(9)2-3-11/h4-5,12H,2-3,11H2,1H3,(H,13,14). The second kappa shape index (κ2) is 4.65. The van der Waals surface area contributed by atoms with Crippen LogP contribution in [0.5, 0.6) is 11.5 Å². The topological polar surface area (TPSA) is 92.8 Å². The van der Waals surface area contributed by atoms with Gasteiger partial charge in [-0.25, -0.2) is 4.79 Å². The Morgan fingerprint density at radius 2 is 2.20 bits per heavy atom. The molecule has 0 bridgehead atoms. The van der Waals surface area contributed by atoms with Crippen molar-refractivity contribution >= 4 is 5.97 Å². The summed E-state index contributed by atoms with van der Waals surface area (Å²) in [7, 11) is 1.45. The molecule has 0 fully saturated rings. The van der Waals surface area contributed by atoms with Crippen LogP contribution in [0.1, 0.15) is 15.9 Å². The van der Waals surface area contributed by atoms with Crippen LogP contribution < -0.4 is 10.5 Å². The highest BCUT2D eigenvalue weighted by Crippen LogP contribution is 2.28. The zero-order valence-electron chi connectivity index (χ0n) is 8.36. The van der Waals surface area contributed by atoms with E-state index < -0.39 is 5.97 Å². The first-order valence-electron chi connectivity index (χ1n) is 4.43. The van der Waals surface area contributed by atoms with E-state index in [1.807, 2.05) is 0 Å². The van der Waals surface area contributed by atoms with Crippen LogP contribution in [-0.2, 0) is 6.42 Å². The first-order valence-corrected chi connectivity index (χ1v) is 4.43. The molecular formula is C10H13NO4. The summed E-state index contributed by atoms with van der Waals surface area (Å²) in [6, 6.07) is 2.66. The third kappa shape index (κ3) is 2.38. The van der Waals surface area contributed by atoms with Crippen molar-refractivity contribution in [1.82, 2.24) is 0 Å². The Kier molecular flexibility index (Phi) is 3.51. The summed E-state index contributed by atoms with van der Waals surface area (Å²) in [6.07, 6.45) is 0.504. The van der Waals surface area contributed by atoms with Gasteiger partial charge in [-0.15, -0.1) is 0 Å². The summed E-state index contributed by atoms with van der Waals surface area (Å²) in [5, 5.41) is 18.2. The molecule has 0 saturated heterocycles. The van der Waals surface area contributed by atoms with Crippen LogP contribution in [0, 0.1) is 0 Å². The van der Waals surface area contributed by atoms with Crippen molar-refractivity contribution in [2.45, 2.75) is 6.42 Å². The van der Waals surface area contributed by atoms with E-state index in [9.17, 15) is 9.90 Å². The number of carbonyl (C=O) groups is 1. The summed E-state index contributed by atoms with van der Waals surface area (Å²) < 4.78 is 5.00. The van der Waals surface area contributed by atoms with Gasteiger partial charge in [-0.1, -0.05) is 0 Å². The molecule has 0 saturated carbocycles. The molecule has 0 spiro atoms. The van der Waals surface area contributed by atoms with Crippen molar-refractivity contribution in [3.8, 4) is 11.5 Å². The predicted molar refractivity (Wildman–Crippen MR) is 54.4 cm³/mol. The lowest BCUT2D eigenvalue weighted by molar-refractivity contribution is 0.0693. The smallest absolute Gasteiger partial charge is 0.339 e. The number of rotatable bonds is 4. The Bertz CT molecular complexity index is 376. The van der Waals surface area contributed by atoms with E-state index in [1.165, 1.54) is 19.2 Å². The van der Waals surface area contributed by atoms with Crippen molar-refractivity contribution in [2.24, 2.45) is 5.73 Å². The van der Waals surface area contributed by atoms with Crippen molar-refractivity contribution in [1.29, 1.82) is 0 Å². The van der Waals surface area contributed by atoms with Gasteiger partial charge in [-0.3, -0.25) is 0 Å². The van der Waals surface area contributed by atoms with Gasteiger partial charge < -0.3 is 20.7 Å². The fraction of sp³-hybridized carbons (Fsp3) is 0.300. The van der Waals surface area contributed by atoms with Gasteiger partial charge in [0.05, 0.1) is 7.11 Å². The summed E-state index contributed by atoms with van der Waals surface area (Å²) in [4.78, 5) is 10.7. The first kappa shape index (κ1) is 11.3. The fourth-order valence-corrected chi connectivity index (χ4v) is 1.33.